The molecule has 1 atom stereocenters. The van der Waals surface area contributed by atoms with Crippen LogP contribution in [0.2, 0.25) is 5.02 Å². The number of hydrogen-bond donors (Lipinski definition) is 2. The summed E-state index contributed by atoms with van der Waals surface area (Å²) in [5.41, 5.74) is -2.04. The Balaban J connectivity index is 2.49. The van der Waals surface area contributed by atoms with Gasteiger partial charge in [0.15, 0.2) is 11.5 Å². The van der Waals surface area contributed by atoms with E-state index in [-0.39, 0.29) is 10.8 Å². The zero-order valence-electron chi connectivity index (χ0n) is 11.8. The van der Waals surface area contributed by atoms with Crippen LogP contribution < -0.4 is 5.32 Å². The van der Waals surface area contributed by atoms with Gasteiger partial charge in [0.05, 0.1) is 17.2 Å². The molecule has 0 aliphatic rings. The fourth-order valence-electron chi connectivity index (χ4n) is 1.75. The quantitative estimate of drug-likeness (QED) is 0.886. The predicted molar refractivity (Wildman–Crippen MR) is 75.4 cm³/mol. The number of nitrogens with one attached hydrogen (secondary N) is 1. The summed E-state index contributed by atoms with van der Waals surface area (Å²) in [6, 6.07) is 2.24. The number of aliphatic hydroxyl groups is 1. The highest BCUT2D eigenvalue weighted by Gasteiger charge is 2.39. The van der Waals surface area contributed by atoms with Gasteiger partial charge in [-0.15, -0.1) is 0 Å². The van der Waals surface area contributed by atoms with Gasteiger partial charge in [0.1, 0.15) is 0 Å². The summed E-state index contributed by atoms with van der Waals surface area (Å²) in [6.07, 6.45) is -2.60. The van der Waals surface area contributed by atoms with Gasteiger partial charge in [-0.05, 0) is 19.1 Å². The third-order valence-corrected chi connectivity index (χ3v) is 3.13. The highest BCUT2D eigenvalue weighted by molar-refractivity contribution is 6.32. The van der Waals surface area contributed by atoms with Crippen molar-refractivity contribution < 1.29 is 23.1 Å². The smallest absolute Gasteiger partial charge is 0.394 e. The average Bonchev–Trinajstić information content (AvgIpc) is 2.92. The lowest BCUT2D eigenvalue weighted by molar-refractivity contribution is -0.141. The Morgan fingerprint density at radius 2 is 2.22 bits per heavy atom. The van der Waals surface area contributed by atoms with E-state index in [4.69, 9.17) is 16.7 Å². The molecule has 0 aliphatic heterocycles. The fourth-order valence-corrected chi connectivity index (χ4v) is 1.96. The van der Waals surface area contributed by atoms with Crippen LogP contribution in [0.15, 0.2) is 24.5 Å². The summed E-state index contributed by atoms with van der Waals surface area (Å²) in [5.74, 6) is -1.04. The molecular weight excluding hydrogens is 337 g/mol. The number of rotatable bonds is 4. The van der Waals surface area contributed by atoms with Crippen molar-refractivity contribution in [3.63, 3.8) is 0 Å². The van der Waals surface area contributed by atoms with Gasteiger partial charge in [-0.25, -0.2) is 9.67 Å². The number of alkyl halides is 3. The van der Waals surface area contributed by atoms with Gasteiger partial charge in [0, 0.05) is 18.4 Å². The molecular formula is C13H12ClF3N4O2. The molecule has 0 aliphatic carbocycles. The lowest BCUT2D eigenvalue weighted by Crippen LogP contribution is -2.35. The summed E-state index contributed by atoms with van der Waals surface area (Å²) in [7, 11) is 0. The monoisotopic (exact) mass is 348 g/mol. The van der Waals surface area contributed by atoms with E-state index in [1.165, 1.54) is 25.3 Å². The molecule has 2 heterocycles. The van der Waals surface area contributed by atoms with Gasteiger partial charge in [0.25, 0.3) is 5.91 Å². The van der Waals surface area contributed by atoms with Gasteiger partial charge in [-0.1, -0.05) is 11.6 Å². The maximum Gasteiger partial charge on any atom is 0.435 e. The SMILES string of the molecule is CC(CO)NC(=O)c1cn(-c2ncccc2Cl)nc1C(F)(F)F. The normalized spacial score (nSPS) is 13.0. The number of halogens is 4. The van der Waals surface area contributed by atoms with Gasteiger partial charge in [-0.3, -0.25) is 4.79 Å². The summed E-state index contributed by atoms with van der Waals surface area (Å²) in [4.78, 5) is 15.8. The van der Waals surface area contributed by atoms with E-state index in [9.17, 15) is 18.0 Å². The van der Waals surface area contributed by atoms with Crippen molar-refractivity contribution in [1.29, 1.82) is 0 Å². The van der Waals surface area contributed by atoms with Crippen LogP contribution in [0, 0.1) is 0 Å². The number of nitrogens with zero attached hydrogens (tertiary/aromatic N) is 3. The minimum absolute atomic E-state index is 0.0334. The van der Waals surface area contributed by atoms with E-state index in [2.05, 4.69) is 15.4 Å². The highest BCUT2D eigenvalue weighted by atomic mass is 35.5. The second-order valence-corrected chi connectivity index (χ2v) is 5.11. The number of aliphatic hydroxyl groups excluding tert-OH is 1. The molecule has 2 aromatic heterocycles. The van der Waals surface area contributed by atoms with E-state index < -0.39 is 36.0 Å². The van der Waals surface area contributed by atoms with Crippen LogP contribution >= 0.6 is 11.6 Å². The molecule has 2 aromatic rings. The topological polar surface area (TPSA) is 80.0 Å². The van der Waals surface area contributed by atoms with Crippen molar-refractivity contribution >= 4 is 17.5 Å². The second kappa shape index (κ2) is 6.55. The van der Waals surface area contributed by atoms with E-state index in [1.54, 1.807) is 0 Å². The Labute approximate surface area is 133 Å². The molecule has 0 radical (unpaired) electrons. The van der Waals surface area contributed by atoms with Crippen LogP contribution in [0.4, 0.5) is 13.2 Å². The summed E-state index contributed by atoms with van der Waals surface area (Å²) in [5, 5.41) is 14.6. The molecule has 124 valence electrons. The van der Waals surface area contributed by atoms with Crippen LogP contribution in [0.1, 0.15) is 23.0 Å². The molecule has 2 rings (SSSR count). The van der Waals surface area contributed by atoms with Gasteiger partial charge >= 0.3 is 6.18 Å². The minimum atomic E-state index is -4.83. The summed E-state index contributed by atoms with van der Waals surface area (Å²) < 4.78 is 40.1. The first-order chi connectivity index (χ1) is 10.7. The van der Waals surface area contributed by atoms with Crippen LogP contribution in [0.3, 0.4) is 0 Å². The third-order valence-electron chi connectivity index (χ3n) is 2.83. The van der Waals surface area contributed by atoms with Crippen molar-refractivity contribution in [3.8, 4) is 5.82 Å². The Bertz CT molecular complexity index is 717. The number of amides is 1. The van der Waals surface area contributed by atoms with E-state index in [0.29, 0.717) is 0 Å². The average molecular weight is 349 g/mol. The third kappa shape index (κ3) is 3.80. The maximum atomic E-state index is 13.1. The predicted octanol–water partition coefficient (Wildman–Crippen LogP) is 2.05. The zero-order valence-corrected chi connectivity index (χ0v) is 12.6. The van der Waals surface area contributed by atoms with Crippen LogP contribution in [-0.4, -0.2) is 38.4 Å². The molecule has 0 saturated heterocycles. The summed E-state index contributed by atoms with van der Waals surface area (Å²) >= 11 is 5.88. The second-order valence-electron chi connectivity index (χ2n) is 4.70. The Hall–Kier alpha value is -2.13. The molecule has 0 bridgehead atoms. The van der Waals surface area contributed by atoms with Crippen molar-refractivity contribution in [2.45, 2.75) is 19.1 Å². The molecule has 1 unspecified atom stereocenters. The number of hydrogen-bond acceptors (Lipinski definition) is 4. The molecule has 2 N–H and O–H groups in total. The van der Waals surface area contributed by atoms with Gasteiger partial charge in [0.2, 0.25) is 0 Å². The zero-order chi connectivity index (χ0) is 17.2. The molecule has 0 spiro atoms. The van der Waals surface area contributed by atoms with E-state index in [0.717, 1.165) is 10.9 Å². The Kier molecular flexibility index (Phi) is 4.90. The highest BCUT2D eigenvalue weighted by Crippen LogP contribution is 2.32. The van der Waals surface area contributed by atoms with Crippen LogP contribution in [-0.2, 0) is 6.18 Å². The molecule has 10 heteroatoms. The summed E-state index contributed by atoms with van der Waals surface area (Å²) in [6.45, 7) is 1.04. The van der Waals surface area contributed by atoms with Gasteiger partial charge in [-0.2, -0.15) is 18.3 Å². The van der Waals surface area contributed by atoms with Crippen LogP contribution in [0.25, 0.3) is 5.82 Å². The largest absolute Gasteiger partial charge is 0.435 e. The molecule has 0 aromatic carbocycles. The van der Waals surface area contributed by atoms with Crippen molar-refractivity contribution in [2.75, 3.05) is 6.61 Å². The van der Waals surface area contributed by atoms with E-state index in [1.807, 2.05) is 0 Å². The molecule has 23 heavy (non-hydrogen) atoms. The Morgan fingerprint density at radius 3 is 2.78 bits per heavy atom. The lowest BCUT2D eigenvalue weighted by atomic mass is 10.2. The molecule has 1 amide bonds. The molecule has 6 nitrogen and oxygen atoms in total. The number of carbonyl (C=O) groups is 1. The standard InChI is InChI=1S/C13H12ClF3N4O2/c1-7(6-22)19-12(23)8-5-21(20-10(8)13(15,16)17)11-9(14)3-2-4-18-11/h2-5,7,22H,6H2,1H3,(H,19,23). The van der Waals surface area contributed by atoms with Crippen molar-refractivity contribution in [2.24, 2.45) is 0 Å². The minimum Gasteiger partial charge on any atom is -0.394 e. The fraction of sp³-hybridized carbons (Fsp3) is 0.308. The first-order valence-corrected chi connectivity index (χ1v) is 6.81. The van der Waals surface area contributed by atoms with Gasteiger partial charge < -0.3 is 10.4 Å². The van der Waals surface area contributed by atoms with E-state index >= 15 is 0 Å². The maximum absolute atomic E-state index is 13.1. The van der Waals surface area contributed by atoms with Crippen molar-refractivity contribution in [3.05, 3.63) is 40.8 Å². The first-order valence-electron chi connectivity index (χ1n) is 6.43. The lowest BCUT2D eigenvalue weighted by Gasteiger charge is -2.11. The van der Waals surface area contributed by atoms with Crippen LogP contribution in [0.5, 0.6) is 0 Å². The first kappa shape index (κ1) is 17.2. The molecule has 0 fully saturated rings. The number of pyridine rings is 1. The Morgan fingerprint density at radius 1 is 1.52 bits per heavy atom. The number of aromatic nitrogens is 3. The molecule has 0 saturated carbocycles. The van der Waals surface area contributed by atoms with Crippen molar-refractivity contribution in [1.82, 2.24) is 20.1 Å². The number of carbonyl (C=O) groups excluding carboxylic acids is 1.